The Kier molecular flexibility index (Phi) is 4.19. The highest BCUT2D eigenvalue weighted by molar-refractivity contribution is 5.31. The Bertz CT molecular complexity index is 364. The van der Waals surface area contributed by atoms with Crippen molar-refractivity contribution in [2.24, 2.45) is 5.73 Å². The third-order valence-electron chi connectivity index (χ3n) is 3.72. The molecule has 1 aliphatic rings. The molecule has 0 radical (unpaired) electrons. The van der Waals surface area contributed by atoms with Gasteiger partial charge in [0, 0.05) is 18.8 Å². The molecule has 2 nitrogen and oxygen atoms in total. The third-order valence-corrected chi connectivity index (χ3v) is 3.72. The summed E-state index contributed by atoms with van der Waals surface area (Å²) in [4.78, 5) is 0. The van der Waals surface area contributed by atoms with Gasteiger partial charge >= 0.3 is 0 Å². The molecule has 0 saturated heterocycles. The number of benzene rings is 1. The van der Waals surface area contributed by atoms with Crippen LogP contribution in [-0.4, -0.2) is 18.8 Å². The summed E-state index contributed by atoms with van der Waals surface area (Å²) in [6.07, 6.45) is 5.40. The number of hydrogen-bond acceptors (Lipinski definition) is 2. The lowest BCUT2D eigenvalue weighted by Crippen LogP contribution is -2.45. The SMILES string of the molecule is CCOCCCC1(N)CCc2ccccc2C1. The summed E-state index contributed by atoms with van der Waals surface area (Å²) >= 11 is 0. The molecule has 1 aromatic carbocycles. The minimum Gasteiger partial charge on any atom is -0.382 e. The van der Waals surface area contributed by atoms with Crippen molar-refractivity contribution in [2.75, 3.05) is 13.2 Å². The number of aryl methyl sites for hydroxylation is 1. The van der Waals surface area contributed by atoms with Crippen LogP contribution < -0.4 is 5.73 Å². The van der Waals surface area contributed by atoms with E-state index in [0.29, 0.717) is 0 Å². The summed E-state index contributed by atoms with van der Waals surface area (Å²) in [5, 5.41) is 0. The Morgan fingerprint density at radius 1 is 1.29 bits per heavy atom. The molecule has 2 heteroatoms. The third kappa shape index (κ3) is 3.30. The standard InChI is InChI=1S/C15H23NO/c1-2-17-11-5-9-15(16)10-8-13-6-3-4-7-14(13)12-15/h3-4,6-7H,2,5,8-12,16H2,1H3. The van der Waals surface area contributed by atoms with Crippen LogP contribution in [-0.2, 0) is 17.6 Å². The number of ether oxygens (including phenoxy) is 1. The second-order valence-electron chi connectivity index (χ2n) is 5.11. The Balaban J connectivity index is 1.91. The summed E-state index contributed by atoms with van der Waals surface area (Å²) < 4.78 is 5.38. The van der Waals surface area contributed by atoms with Crippen molar-refractivity contribution in [1.82, 2.24) is 0 Å². The van der Waals surface area contributed by atoms with Crippen LogP contribution in [0, 0.1) is 0 Å². The fourth-order valence-corrected chi connectivity index (χ4v) is 2.71. The zero-order chi connectivity index (χ0) is 12.1. The zero-order valence-electron chi connectivity index (χ0n) is 10.7. The van der Waals surface area contributed by atoms with Gasteiger partial charge in [0.1, 0.15) is 0 Å². The quantitative estimate of drug-likeness (QED) is 0.794. The first-order chi connectivity index (χ1) is 8.23. The average molecular weight is 233 g/mol. The molecule has 17 heavy (non-hydrogen) atoms. The molecule has 94 valence electrons. The molecular formula is C15H23NO. The number of fused-ring (bicyclic) bond motifs is 1. The zero-order valence-corrected chi connectivity index (χ0v) is 10.7. The van der Waals surface area contributed by atoms with Crippen LogP contribution in [0.25, 0.3) is 0 Å². The van der Waals surface area contributed by atoms with Crippen LogP contribution in [0.3, 0.4) is 0 Å². The van der Waals surface area contributed by atoms with Crippen LogP contribution >= 0.6 is 0 Å². The molecule has 1 atom stereocenters. The molecule has 0 heterocycles. The maximum atomic E-state index is 6.50. The van der Waals surface area contributed by atoms with Crippen molar-refractivity contribution in [3.8, 4) is 0 Å². The first-order valence-corrected chi connectivity index (χ1v) is 6.67. The maximum Gasteiger partial charge on any atom is 0.0466 e. The van der Waals surface area contributed by atoms with E-state index in [9.17, 15) is 0 Å². The van der Waals surface area contributed by atoms with E-state index in [0.717, 1.165) is 45.3 Å². The molecule has 0 bridgehead atoms. The van der Waals surface area contributed by atoms with Gasteiger partial charge < -0.3 is 10.5 Å². The topological polar surface area (TPSA) is 35.2 Å². The normalized spacial score (nSPS) is 23.4. The smallest absolute Gasteiger partial charge is 0.0466 e. The van der Waals surface area contributed by atoms with Gasteiger partial charge in [-0.2, -0.15) is 0 Å². The van der Waals surface area contributed by atoms with E-state index in [-0.39, 0.29) is 5.54 Å². The fraction of sp³-hybridized carbons (Fsp3) is 0.600. The van der Waals surface area contributed by atoms with E-state index in [2.05, 4.69) is 24.3 Å². The summed E-state index contributed by atoms with van der Waals surface area (Å²) in [6.45, 7) is 3.69. The van der Waals surface area contributed by atoms with E-state index in [4.69, 9.17) is 10.5 Å². The largest absolute Gasteiger partial charge is 0.382 e. The average Bonchev–Trinajstić information content (AvgIpc) is 2.35. The van der Waals surface area contributed by atoms with Gasteiger partial charge in [0.15, 0.2) is 0 Å². The number of nitrogens with two attached hydrogens (primary N) is 1. The maximum absolute atomic E-state index is 6.50. The highest BCUT2D eigenvalue weighted by Crippen LogP contribution is 2.29. The second-order valence-corrected chi connectivity index (χ2v) is 5.11. The van der Waals surface area contributed by atoms with Crippen molar-refractivity contribution in [3.63, 3.8) is 0 Å². The van der Waals surface area contributed by atoms with Gasteiger partial charge in [0.2, 0.25) is 0 Å². The first-order valence-electron chi connectivity index (χ1n) is 6.67. The predicted octanol–water partition coefficient (Wildman–Crippen LogP) is 2.69. The molecule has 0 saturated carbocycles. The lowest BCUT2D eigenvalue weighted by atomic mass is 9.76. The summed E-state index contributed by atoms with van der Waals surface area (Å²) in [7, 11) is 0. The van der Waals surface area contributed by atoms with Gasteiger partial charge in [-0.25, -0.2) is 0 Å². The Morgan fingerprint density at radius 2 is 2.06 bits per heavy atom. The molecule has 0 aromatic heterocycles. The highest BCUT2D eigenvalue weighted by atomic mass is 16.5. The van der Waals surface area contributed by atoms with Crippen molar-refractivity contribution in [1.29, 1.82) is 0 Å². The van der Waals surface area contributed by atoms with Gasteiger partial charge in [-0.1, -0.05) is 24.3 Å². The van der Waals surface area contributed by atoms with E-state index < -0.39 is 0 Å². The molecule has 1 aromatic rings. The van der Waals surface area contributed by atoms with E-state index in [1.807, 2.05) is 6.92 Å². The van der Waals surface area contributed by atoms with Crippen molar-refractivity contribution in [3.05, 3.63) is 35.4 Å². The van der Waals surface area contributed by atoms with Crippen molar-refractivity contribution in [2.45, 2.75) is 44.6 Å². The highest BCUT2D eigenvalue weighted by Gasteiger charge is 2.29. The molecule has 0 fully saturated rings. The van der Waals surface area contributed by atoms with Gasteiger partial charge in [0.05, 0.1) is 0 Å². The Hall–Kier alpha value is -0.860. The molecule has 1 aliphatic carbocycles. The summed E-state index contributed by atoms with van der Waals surface area (Å²) in [5.41, 5.74) is 9.42. The van der Waals surface area contributed by atoms with Crippen LogP contribution in [0.4, 0.5) is 0 Å². The van der Waals surface area contributed by atoms with Gasteiger partial charge in [-0.3, -0.25) is 0 Å². The van der Waals surface area contributed by atoms with Crippen molar-refractivity contribution >= 4 is 0 Å². The van der Waals surface area contributed by atoms with Gasteiger partial charge in [-0.15, -0.1) is 0 Å². The lowest BCUT2D eigenvalue weighted by molar-refractivity contribution is 0.135. The molecule has 0 spiro atoms. The molecule has 1 unspecified atom stereocenters. The monoisotopic (exact) mass is 233 g/mol. The predicted molar refractivity (Wildman–Crippen MR) is 71.1 cm³/mol. The summed E-state index contributed by atoms with van der Waals surface area (Å²) in [5.74, 6) is 0. The van der Waals surface area contributed by atoms with Crippen LogP contribution in [0.1, 0.15) is 37.3 Å². The molecular weight excluding hydrogens is 210 g/mol. The first kappa shape index (κ1) is 12.6. The van der Waals surface area contributed by atoms with Gasteiger partial charge in [-0.05, 0) is 50.2 Å². The van der Waals surface area contributed by atoms with Crippen LogP contribution in [0.2, 0.25) is 0 Å². The Morgan fingerprint density at radius 3 is 2.82 bits per heavy atom. The van der Waals surface area contributed by atoms with E-state index in [1.54, 1.807) is 0 Å². The molecule has 2 rings (SSSR count). The van der Waals surface area contributed by atoms with E-state index in [1.165, 1.54) is 11.1 Å². The fourth-order valence-electron chi connectivity index (χ4n) is 2.71. The Labute approximate surface area is 104 Å². The minimum atomic E-state index is -0.00848. The molecule has 0 aliphatic heterocycles. The van der Waals surface area contributed by atoms with Crippen LogP contribution in [0.15, 0.2) is 24.3 Å². The second kappa shape index (κ2) is 5.65. The number of rotatable bonds is 5. The molecule has 2 N–H and O–H groups in total. The van der Waals surface area contributed by atoms with Crippen molar-refractivity contribution < 1.29 is 4.74 Å². The van der Waals surface area contributed by atoms with Crippen LogP contribution in [0.5, 0.6) is 0 Å². The minimum absolute atomic E-state index is 0.00848. The molecule has 0 amide bonds. The van der Waals surface area contributed by atoms with E-state index >= 15 is 0 Å². The lowest BCUT2D eigenvalue weighted by Gasteiger charge is -2.35. The van der Waals surface area contributed by atoms with Gasteiger partial charge in [0.25, 0.3) is 0 Å². The number of hydrogen-bond donors (Lipinski definition) is 1. The summed E-state index contributed by atoms with van der Waals surface area (Å²) in [6, 6.07) is 8.69.